The third kappa shape index (κ3) is 3.99. The van der Waals surface area contributed by atoms with E-state index in [1.54, 1.807) is 13.0 Å². The number of halogens is 2. The van der Waals surface area contributed by atoms with Crippen molar-refractivity contribution in [3.05, 3.63) is 19.2 Å². The van der Waals surface area contributed by atoms with Crippen LogP contribution in [0.25, 0.3) is 0 Å². The highest BCUT2D eigenvalue weighted by molar-refractivity contribution is 9.12. The number of aliphatic carboxylic acids is 1. The van der Waals surface area contributed by atoms with Gasteiger partial charge < -0.3 is 5.11 Å². The van der Waals surface area contributed by atoms with E-state index in [9.17, 15) is 9.59 Å². The lowest BCUT2D eigenvalue weighted by Gasteiger charge is -2.06. The molecule has 0 saturated carbocycles. The SMILES string of the molecule is CC(CC(=O)O)CC(=O)c1cc(Br)sc1Br. The second kappa shape index (κ2) is 5.93. The molecule has 88 valence electrons. The van der Waals surface area contributed by atoms with Crippen LogP contribution in [0.3, 0.4) is 0 Å². The minimum atomic E-state index is -0.870. The van der Waals surface area contributed by atoms with E-state index < -0.39 is 5.97 Å². The molecule has 0 spiro atoms. The fourth-order valence-corrected chi connectivity index (χ4v) is 4.18. The van der Waals surface area contributed by atoms with Gasteiger partial charge in [-0.05, 0) is 43.8 Å². The average Bonchev–Trinajstić information content (AvgIpc) is 2.43. The van der Waals surface area contributed by atoms with Crippen molar-refractivity contribution in [1.82, 2.24) is 0 Å². The van der Waals surface area contributed by atoms with Crippen LogP contribution in [-0.2, 0) is 4.79 Å². The van der Waals surface area contributed by atoms with E-state index in [1.165, 1.54) is 11.3 Å². The minimum Gasteiger partial charge on any atom is -0.481 e. The number of carboxylic acids is 1. The smallest absolute Gasteiger partial charge is 0.303 e. The van der Waals surface area contributed by atoms with Crippen LogP contribution in [0.15, 0.2) is 13.6 Å². The fourth-order valence-electron chi connectivity index (χ4n) is 1.33. The molecular formula is C10H10Br2O3S. The summed E-state index contributed by atoms with van der Waals surface area (Å²) >= 11 is 8.04. The maximum absolute atomic E-state index is 11.8. The molecule has 3 nitrogen and oxygen atoms in total. The Bertz CT molecular complexity index is 414. The Morgan fingerprint density at radius 2 is 2.06 bits per heavy atom. The van der Waals surface area contributed by atoms with Gasteiger partial charge in [-0.15, -0.1) is 11.3 Å². The summed E-state index contributed by atoms with van der Waals surface area (Å²) in [6.07, 6.45) is 0.280. The van der Waals surface area contributed by atoms with Crippen molar-refractivity contribution < 1.29 is 14.7 Å². The van der Waals surface area contributed by atoms with E-state index in [-0.39, 0.29) is 24.5 Å². The molecule has 0 radical (unpaired) electrons. The van der Waals surface area contributed by atoms with Gasteiger partial charge in [0, 0.05) is 18.4 Å². The molecule has 0 aromatic carbocycles. The standard InChI is InChI=1S/C10H10Br2O3S/c1-5(3-9(14)15)2-7(13)6-4-8(11)16-10(6)12/h4-5H,2-3H2,1H3,(H,14,15). The second-order valence-electron chi connectivity index (χ2n) is 3.57. The number of hydrogen-bond donors (Lipinski definition) is 1. The summed E-state index contributed by atoms with van der Waals surface area (Å²) < 4.78 is 1.67. The van der Waals surface area contributed by atoms with Gasteiger partial charge >= 0.3 is 5.97 Å². The van der Waals surface area contributed by atoms with Crippen LogP contribution in [0.5, 0.6) is 0 Å². The molecule has 1 unspecified atom stereocenters. The maximum atomic E-state index is 11.8. The first-order valence-electron chi connectivity index (χ1n) is 4.60. The molecule has 0 saturated heterocycles. The zero-order chi connectivity index (χ0) is 12.3. The van der Waals surface area contributed by atoms with Crippen LogP contribution >= 0.6 is 43.2 Å². The number of Topliss-reactive ketones (excluding diaryl/α,β-unsaturated/α-hetero) is 1. The van der Waals surface area contributed by atoms with Crippen molar-refractivity contribution >= 4 is 54.9 Å². The van der Waals surface area contributed by atoms with Gasteiger partial charge in [-0.1, -0.05) is 6.92 Å². The van der Waals surface area contributed by atoms with Crippen molar-refractivity contribution in [2.24, 2.45) is 5.92 Å². The van der Waals surface area contributed by atoms with Crippen molar-refractivity contribution in [1.29, 1.82) is 0 Å². The predicted octanol–water partition coefficient (Wildman–Crippen LogP) is 3.96. The van der Waals surface area contributed by atoms with Crippen LogP contribution in [0.4, 0.5) is 0 Å². The van der Waals surface area contributed by atoms with E-state index in [0.29, 0.717) is 5.56 Å². The molecule has 1 heterocycles. The van der Waals surface area contributed by atoms with E-state index in [4.69, 9.17) is 5.11 Å². The molecule has 0 aliphatic rings. The average molecular weight is 370 g/mol. The quantitative estimate of drug-likeness (QED) is 0.799. The number of ketones is 1. The fraction of sp³-hybridized carbons (Fsp3) is 0.400. The lowest BCUT2D eigenvalue weighted by Crippen LogP contribution is -2.10. The summed E-state index contributed by atoms with van der Waals surface area (Å²) in [4.78, 5) is 22.3. The van der Waals surface area contributed by atoms with Crippen molar-refractivity contribution in [2.45, 2.75) is 19.8 Å². The molecule has 1 N–H and O–H groups in total. The molecule has 6 heteroatoms. The summed E-state index contributed by atoms with van der Waals surface area (Å²) in [5.41, 5.74) is 0.620. The minimum absolute atomic E-state index is 0.0225. The molecule has 0 fully saturated rings. The molecule has 1 atom stereocenters. The van der Waals surface area contributed by atoms with Gasteiger partial charge in [-0.2, -0.15) is 0 Å². The monoisotopic (exact) mass is 368 g/mol. The van der Waals surface area contributed by atoms with Gasteiger partial charge in [-0.25, -0.2) is 0 Å². The Balaban J connectivity index is 2.65. The Hall–Kier alpha value is -0.200. The molecule has 16 heavy (non-hydrogen) atoms. The van der Waals surface area contributed by atoms with Crippen molar-refractivity contribution in [2.75, 3.05) is 0 Å². The topological polar surface area (TPSA) is 54.4 Å². The van der Waals surface area contributed by atoms with Crippen LogP contribution in [-0.4, -0.2) is 16.9 Å². The maximum Gasteiger partial charge on any atom is 0.303 e. The van der Waals surface area contributed by atoms with Crippen LogP contribution in [0.2, 0.25) is 0 Å². The largest absolute Gasteiger partial charge is 0.481 e. The first-order chi connectivity index (χ1) is 7.40. The van der Waals surface area contributed by atoms with Crippen molar-refractivity contribution in [3.8, 4) is 0 Å². The highest BCUT2D eigenvalue weighted by Crippen LogP contribution is 2.33. The number of rotatable bonds is 5. The zero-order valence-corrected chi connectivity index (χ0v) is 12.5. The number of carbonyl (C=O) groups is 2. The van der Waals surface area contributed by atoms with E-state index in [0.717, 1.165) is 7.57 Å². The van der Waals surface area contributed by atoms with Gasteiger partial charge in [0.25, 0.3) is 0 Å². The molecule has 0 aliphatic heterocycles. The Kier molecular flexibility index (Phi) is 5.14. The van der Waals surface area contributed by atoms with E-state index >= 15 is 0 Å². The lowest BCUT2D eigenvalue weighted by atomic mass is 9.99. The van der Waals surface area contributed by atoms with Gasteiger partial charge in [0.15, 0.2) is 5.78 Å². The summed E-state index contributed by atoms with van der Waals surface area (Å²) in [7, 11) is 0. The molecule has 1 aromatic heterocycles. The first kappa shape index (κ1) is 13.9. The molecule has 0 amide bonds. The lowest BCUT2D eigenvalue weighted by molar-refractivity contribution is -0.137. The van der Waals surface area contributed by atoms with Gasteiger partial charge in [-0.3, -0.25) is 9.59 Å². The summed E-state index contributed by atoms with van der Waals surface area (Å²) in [6, 6.07) is 1.75. The Labute approximate surface area is 114 Å². The van der Waals surface area contributed by atoms with Crippen molar-refractivity contribution in [3.63, 3.8) is 0 Å². The predicted molar refractivity (Wildman–Crippen MR) is 70.1 cm³/mol. The number of hydrogen-bond acceptors (Lipinski definition) is 3. The number of thiophene rings is 1. The Morgan fingerprint density at radius 1 is 1.44 bits per heavy atom. The highest BCUT2D eigenvalue weighted by Gasteiger charge is 2.17. The summed E-state index contributed by atoms with van der Waals surface area (Å²) in [5.74, 6) is -1.04. The van der Waals surface area contributed by atoms with E-state index in [1.807, 2.05) is 0 Å². The van der Waals surface area contributed by atoms with Gasteiger partial charge in [0.2, 0.25) is 0 Å². The van der Waals surface area contributed by atoms with Crippen LogP contribution < -0.4 is 0 Å². The number of carboxylic acid groups (broad SMARTS) is 1. The molecular weight excluding hydrogens is 360 g/mol. The third-order valence-corrected chi connectivity index (χ3v) is 4.35. The highest BCUT2D eigenvalue weighted by atomic mass is 79.9. The molecule has 1 rings (SSSR count). The first-order valence-corrected chi connectivity index (χ1v) is 7.00. The van der Waals surface area contributed by atoms with Gasteiger partial charge in [0.05, 0.1) is 7.57 Å². The Morgan fingerprint density at radius 3 is 2.50 bits per heavy atom. The third-order valence-electron chi connectivity index (χ3n) is 2.01. The normalized spacial score (nSPS) is 12.4. The number of carbonyl (C=O) groups excluding carboxylic acids is 1. The second-order valence-corrected chi connectivity index (χ2v) is 7.32. The molecule has 1 aromatic rings. The summed E-state index contributed by atoms with van der Waals surface area (Å²) in [6.45, 7) is 1.77. The van der Waals surface area contributed by atoms with E-state index in [2.05, 4.69) is 31.9 Å². The molecule has 0 aliphatic carbocycles. The van der Waals surface area contributed by atoms with Gasteiger partial charge in [0.1, 0.15) is 0 Å². The van der Waals surface area contributed by atoms with Crippen LogP contribution in [0, 0.1) is 5.92 Å². The zero-order valence-electron chi connectivity index (χ0n) is 8.50. The summed E-state index contributed by atoms with van der Waals surface area (Å²) in [5, 5.41) is 8.60. The van der Waals surface area contributed by atoms with Crippen LogP contribution in [0.1, 0.15) is 30.1 Å². The molecule has 0 bridgehead atoms.